The number of amides is 1. The van der Waals surface area contributed by atoms with Gasteiger partial charge in [0.2, 0.25) is 5.95 Å². The summed E-state index contributed by atoms with van der Waals surface area (Å²) < 4.78 is 36.3. The molecule has 0 bridgehead atoms. The molecule has 1 aliphatic carbocycles. The number of hydrogen-bond acceptors (Lipinski definition) is 9. The molecular formula is C27H35F2N9O4. The number of nitrogens with one attached hydrogen (secondary N) is 2. The van der Waals surface area contributed by atoms with Gasteiger partial charge < -0.3 is 30.1 Å². The van der Waals surface area contributed by atoms with Gasteiger partial charge in [-0.05, 0) is 64.0 Å². The molecule has 2 fully saturated rings. The minimum Gasteiger partial charge on any atom is -0.495 e. The fraction of sp³-hybridized carbons (Fsp3) is 0.556. The number of hydrogen-bond donors (Lipinski definition) is 2. The number of nitrogens with zero attached hydrogens (tertiary/aromatic N) is 7. The van der Waals surface area contributed by atoms with Crippen LogP contribution in [0.5, 0.6) is 5.75 Å². The van der Waals surface area contributed by atoms with Crippen molar-refractivity contribution in [2.24, 2.45) is 5.10 Å². The molecule has 0 spiro atoms. The van der Waals surface area contributed by atoms with Crippen LogP contribution in [-0.2, 0) is 0 Å². The van der Waals surface area contributed by atoms with Crippen molar-refractivity contribution in [3.05, 3.63) is 40.1 Å². The highest BCUT2D eigenvalue weighted by molar-refractivity contribution is 6.05. The molecule has 5 rings (SSSR count). The zero-order valence-electron chi connectivity index (χ0n) is 23.8. The Balaban J connectivity index is 1.43. The molecule has 0 unspecified atom stereocenters. The molecule has 1 aromatic carbocycles. The Hall–Kier alpha value is -4.14. The van der Waals surface area contributed by atoms with E-state index in [1.54, 1.807) is 18.2 Å². The average Bonchev–Trinajstić information content (AvgIpc) is 3.48. The number of carbonyl (C=O) groups is 1. The Bertz CT molecular complexity index is 1360. The first-order valence-corrected chi connectivity index (χ1v) is 14.0. The van der Waals surface area contributed by atoms with E-state index in [9.17, 15) is 14.9 Å². The van der Waals surface area contributed by atoms with E-state index in [-0.39, 0.29) is 35.4 Å². The van der Waals surface area contributed by atoms with Crippen molar-refractivity contribution in [2.75, 3.05) is 56.0 Å². The lowest BCUT2D eigenvalue weighted by molar-refractivity contribution is -0.485. The zero-order chi connectivity index (χ0) is 30.0. The quantitative estimate of drug-likeness (QED) is 0.365. The third-order valence-electron chi connectivity index (χ3n) is 8.10. The smallest absolute Gasteiger partial charge is 0.328 e. The topological polar surface area (TPSA) is 141 Å². The van der Waals surface area contributed by atoms with Crippen LogP contribution in [0, 0.1) is 10.1 Å². The maximum absolute atomic E-state index is 15.4. The molecule has 1 aromatic heterocycles. The fourth-order valence-electron chi connectivity index (χ4n) is 5.81. The van der Waals surface area contributed by atoms with Crippen LogP contribution in [0.4, 0.5) is 31.9 Å². The first-order chi connectivity index (χ1) is 20.1. The predicted octanol–water partition coefficient (Wildman–Crippen LogP) is 3.48. The van der Waals surface area contributed by atoms with Gasteiger partial charge in [0, 0.05) is 24.7 Å². The summed E-state index contributed by atoms with van der Waals surface area (Å²) in [7, 11) is 4.83. The van der Waals surface area contributed by atoms with E-state index in [0.29, 0.717) is 29.8 Å². The minimum absolute atomic E-state index is 0.106. The molecule has 0 radical (unpaired) electrons. The number of rotatable bonds is 7. The number of ether oxygens (including phenoxy) is 1. The molecule has 3 heterocycles. The SMILES string of the molecule is COc1cc(C(=O)NC2CCN(C)CC2)ccc1Nc1ncc2c(n1)N(C1CCCC1)CC(F)(F)/C(=N\[N+](=O)[O-])N2C. The molecule has 2 aromatic rings. The molecule has 13 nitrogen and oxygen atoms in total. The fourth-order valence-corrected chi connectivity index (χ4v) is 5.81. The zero-order valence-corrected chi connectivity index (χ0v) is 23.8. The van der Waals surface area contributed by atoms with Crippen molar-refractivity contribution in [3.8, 4) is 5.75 Å². The van der Waals surface area contributed by atoms with E-state index in [0.717, 1.165) is 43.7 Å². The summed E-state index contributed by atoms with van der Waals surface area (Å²) in [4.78, 5) is 37.7. The Kier molecular flexibility index (Phi) is 8.38. The first-order valence-electron chi connectivity index (χ1n) is 14.0. The number of alkyl halides is 2. The predicted molar refractivity (Wildman–Crippen MR) is 154 cm³/mol. The number of anilines is 4. The van der Waals surface area contributed by atoms with Crippen molar-refractivity contribution < 1.29 is 23.3 Å². The third kappa shape index (κ3) is 6.20. The van der Waals surface area contributed by atoms with Crippen LogP contribution in [-0.4, -0.2) is 90.5 Å². The highest BCUT2D eigenvalue weighted by Gasteiger charge is 2.49. The highest BCUT2D eigenvalue weighted by atomic mass is 19.3. The van der Waals surface area contributed by atoms with E-state index < -0.39 is 23.3 Å². The molecule has 226 valence electrons. The number of likely N-dealkylation sites (tertiary alicyclic amines) is 1. The summed E-state index contributed by atoms with van der Waals surface area (Å²) in [6.07, 6.45) is 6.28. The van der Waals surface area contributed by atoms with Gasteiger partial charge in [0.1, 0.15) is 11.4 Å². The molecule has 0 atom stereocenters. The number of methoxy groups -OCH3 is 1. The molecule has 1 saturated carbocycles. The second-order valence-corrected chi connectivity index (χ2v) is 11.0. The van der Waals surface area contributed by atoms with Crippen LogP contribution >= 0.6 is 0 Å². The van der Waals surface area contributed by atoms with Gasteiger partial charge in [-0.15, -0.1) is 0 Å². The maximum atomic E-state index is 15.4. The summed E-state index contributed by atoms with van der Waals surface area (Å²) in [6, 6.07) is 4.86. The average molecular weight is 588 g/mol. The van der Waals surface area contributed by atoms with Crippen molar-refractivity contribution in [1.82, 2.24) is 20.2 Å². The van der Waals surface area contributed by atoms with E-state index in [1.807, 2.05) is 0 Å². The number of aromatic nitrogens is 2. The van der Waals surface area contributed by atoms with E-state index in [1.165, 1.54) is 25.3 Å². The molecule has 1 amide bonds. The number of fused-ring (bicyclic) bond motifs is 1. The third-order valence-corrected chi connectivity index (χ3v) is 8.10. The lowest BCUT2D eigenvalue weighted by Gasteiger charge is -2.31. The summed E-state index contributed by atoms with van der Waals surface area (Å²) >= 11 is 0. The number of benzene rings is 1. The first kappa shape index (κ1) is 29.4. The Morgan fingerprint density at radius 2 is 1.90 bits per heavy atom. The van der Waals surface area contributed by atoms with Crippen molar-refractivity contribution >= 4 is 34.9 Å². The summed E-state index contributed by atoms with van der Waals surface area (Å²) in [6.45, 7) is 1.04. The van der Waals surface area contributed by atoms with Gasteiger partial charge in [0.25, 0.3) is 11.7 Å². The van der Waals surface area contributed by atoms with Gasteiger partial charge in [-0.3, -0.25) is 4.79 Å². The standard InChI is InChI=1S/C27H35F2N9O4/c1-35-12-10-18(11-13-35)31-24(39)17-8-9-20(22(14-17)42-3)32-26-30-15-21-23(33-26)37(19-6-4-5-7-19)16-27(28,29)25(36(21)2)34-38(40)41/h8-9,14-15,18-19H,4-7,10-13,16H2,1-3H3,(H,31,39)(H,30,32,33)/b34-25+. The molecule has 15 heteroatoms. The van der Waals surface area contributed by atoms with Crippen LogP contribution in [0.2, 0.25) is 0 Å². The van der Waals surface area contributed by atoms with Crippen LogP contribution in [0.3, 0.4) is 0 Å². The van der Waals surface area contributed by atoms with E-state index in [4.69, 9.17) is 4.74 Å². The van der Waals surface area contributed by atoms with Gasteiger partial charge in [-0.25, -0.2) is 15.1 Å². The van der Waals surface area contributed by atoms with Gasteiger partial charge in [-0.1, -0.05) is 12.8 Å². The molecule has 3 aliphatic rings. The second kappa shape index (κ2) is 12.0. The summed E-state index contributed by atoms with van der Waals surface area (Å²) in [5, 5.41) is 19.2. The van der Waals surface area contributed by atoms with E-state index >= 15 is 8.78 Å². The largest absolute Gasteiger partial charge is 0.495 e. The Morgan fingerprint density at radius 1 is 1.19 bits per heavy atom. The van der Waals surface area contributed by atoms with Gasteiger partial charge in [-0.2, -0.15) is 13.8 Å². The molecule has 42 heavy (non-hydrogen) atoms. The second-order valence-electron chi connectivity index (χ2n) is 11.0. The van der Waals surface area contributed by atoms with Crippen LogP contribution < -0.4 is 25.2 Å². The number of amidine groups is 1. The van der Waals surface area contributed by atoms with Gasteiger partial charge >= 0.3 is 5.92 Å². The minimum atomic E-state index is -3.61. The summed E-state index contributed by atoms with van der Waals surface area (Å²) in [5.41, 5.74) is 1.09. The van der Waals surface area contributed by atoms with Crippen molar-refractivity contribution in [1.29, 1.82) is 0 Å². The lowest BCUT2D eigenvalue weighted by atomic mass is 10.0. The molecular weight excluding hydrogens is 552 g/mol. The Labute approximate surface area is 242 Å². The maximum Gasteiger partial charge on any atom is 0.328 e. The molecule has 2 N–H and O–H groups in total. The van der Waals surface area contributed by atoms with Crippen LogP contribution in [0.1, 0.15) is 48.9 Å². The molecule has 2 aliphatic heterocycles. The summed E-state index contributed by atoms with van der Waals surface area (Å²) in [5.74, 6) is -4.06. The monoisotopic (exact) mass is 587 g/mol. The number of carbonyl (C=O) groups excluding carboxylic acids is 1. The number of hydrazone groups is 1. The lowest BCUT2D eigenvalue weighted by Crippen LogP contribution is -2.48. The highest BCUT2D eigenvalue weighted by Crippen LogP contribution is 2.40. The van der Waals surface area contributed by atoms with E-state index in [2.05, 4.69) is 37.7 Å². The van der Waals surface area contributed by atoms with Crippen LogP contribution in [0.25, 0.3) is 0 Å². The van der Waals surface area contributed by atoms with Crippen molar-refractivity contribution in [3.63, 3.8) is 0 Å². The normalized spacial score (nSPS) is 20.7. The van der Waals surface area contributed by atoms with Crippen LogP contribution in [0.15, 0.2) is 29.5 Å². The molecule has 1 saturated heterocycles. The number of halogens is 2. The number of piperidine rings is 1. The Morgan fingerprint density at radius 3 is 2.57 bits per heavy atom. The van der Waals surface area contributed by atoms with Crippen molar-refractivity contribution in [2.45, 2.75) is 56.5 Å². The van der Waals surface area contributed by atoms with Gasteiger partial charge in [0.05, 0.1) is 30.6 Å². The number of nitro groups is 1. The van der Waals surface area contributed by atoms with Gasteiger partial charge in [0.15, 0.2) is 10.9 Å².